The highest BCUT2D eigenvalue weighted by Gasteiger charge is 2.23. The van der Waals surface area contributed by atoms with Crippen LogP contribution in [0.4, 0.5) is 0 Å². The molecule has 1 atom stereocenters. The SMILES string of the molecule is CCC(C(=O)O)N(C)C(=O)CCOC. The smallest absolute Gasteiger partial charge is 0.326 e. The van der Waals surface area contributed by atoms with Gasteiger partial charge in [-0.2, -0.15) is 0 Å². The number of rotatable bonds is 6. The Labute approximate surface area is 83.6 Å². The largest absolute Gasteiger partial charge is 0.480 e. The number of amides is 1. The van der Waals surface area contributed by atoms with Gasteiger partial charge in [-0.05, 0) is 6.42 Å². The van der Waals surface area contributed by atoms with E-state index in [0.29, 0.717) is 13.0 Å². The van der Waals surface area contributed by atoms with Crippen molar-refractivity contribution in [1.29, 1.82) is 0 Å². The Morgan fingerprint density at radius 2 is 2.07 bits per heavy atom. The molecule has 1 unspecified atom stereocenters. The molecule has 5 heteroatoms. The van der Waals surface area contributed by atoms with E-state index in [0.717, 1.165) is 0 Å². The Kier molecular flexibility index (Phi) is 5.87. The van der Waals surface area contributed by atoms with Crippen LogP contribution >= 0.6 is 0 Å². The van der Waals surface area contributed by atoms with Crippen molar-refractivity contribution in [3.05, 3.63) is 0 Å². The van der Waals surface area contributed by atoms with Gasteiger partial charge in [0.25, 0.3) is 0 Å². The average molecular weight is 203 g/mol. The summed E-state index contributed by atoms with van der Waals surface area (Å²) in [5.41, 5.74) is 0. The fourth-order valence-electron chi connectivity index (χ4n) is 1.15. The third kappa shape index (κ3) is 3.74. The predicted octanol–water partition coefficient (Wildman–Crippen LogP) is 0.345. The Morgan fingerprint density at radius 3 is 2.43 bits per heavy atom. The molecule has 0 saturated heterocycles. The lowest BCUT2D eigenvalue weighted by Crippen LogP contribution is -2.42. The number of aliphatic carboxylic acids is 1. The topological polar surface area (TPSA) is 66.8 Å². The van der Waals surface area contributed by atoms with E-state index in [2.05, 4.69) is 0 Å². The molecule has 0 bridgehead atoms. The average Bonchev–Trinajstić information content (AvgIpc) is 2.14. The van der Waals surface area contributed by atoms with Crippen LogP contribution in [0, 0.1) is 0 Å². The molecule has 0 radical (unpaired) electrons. The molecular formula is C9H17NO4. The van der Waals surface area contributed by atoms with Crippen molar-refractivity contribution in [3.8, 4) is 0 Å². The minimum atomic E-state index is -0.972. The van der Waals surface area contributed by atoms with Gasteiger partial charge in [0, 0.05) is 14.2 Å². The molecule has 14 heavy (non-hydrogen) atoms. The van der Waals surface area contributed by atoms with Crippen LogP contribution in [0.3, 0.4) is 0 Å². The molecule has 0 aromatic heterocycles. The van der Waals surface area contributed by atoms with Gasteiger partial charge in [-0.25, -0.2) is 4.79 Å². The summed E-state index contributed by atoms with van der Waals surface area (Å²) in [5.74, 6) is -1.18. The van der Waals surface area contributed by atoms with Gasteiger partial charge in [0.1, 0.15) is 6.04 Å². The van der Waals surface area contributed by atoms with E-state index >= 15 is 0 Å². The second-order valence-electron chi connectivity index (χ2n) is 3.01. The van der Waals surface area contributed by atoms with Crippen LogP contribution in [0.5, 0.6) is 0 Å². The van der Waals surface area contributed by atoms with Crippen LogP contribution in [0.2, 0.25) is 0 Å². The third-order valence-corrected chi connectivity index (χ3v) is 2.05. The van der Waals surface area contributed by atoms with E-state index < -0.39 is 12.0 Å². The number of carboxylic acid groups (broad SMARTS) is 1. The van der Waals surface area contributed by atoms with Crippen LogP contribution in [0.25, 0.3) is 0 Å². The summed E-state index contributed by atoms with van der Waals surface area (Å²) in [6, 6.07) is -0.737. The maximum absolute atomic E-state index is 11.4. The zero-order valence-corrected chi connectivity index (χ0v) is 8.82. The lowest BCUT2D eigenvalue weighted by molar-refractivity contribution is -0.149. The molecule has 0 fully saturated rings. The van der Waals surface area contributed by atoms with Crippen LogP contribution in [-0.2, 0) is 14.3 Å². The lowest BCUT2D eigenvalue weighted by Gasteiger charge is -2.23. The highest BCUT2D eigenvalue weighted by atomic mass is 16.5. The third-order valence-electron chi connectivity index (χ3n) is 2.05. The molecule has 0 spiro atoms. The maximum Gasteiger partial charge on any atom is 0.326 e. The molecule has 0 rings (SSSR count). The number of ether oxygens (including phenoxy) is 1. The van der Waals surface area contributed by atoms with Crippen LogP contribution in [-0.4, -0.2) is 48.7 Å². The Balaban J connectivity index is 4.20. The molecule has 1 amide bonds. The van der Waals surface area contributed by atoms with Crippen molar-refractivity contribution >= 4 is 11.9 Å². The highest BCUT2D eigenvalue weighted by molar-refractivity contribution is 5.83. The van der Waals surface area contributed by atoms with Gasteiger partial charge in [0.05, 0.1) is 13.0 Å². The van der Waals surface area contributed by atoms with Crippen molar-refractivity contribution < 1.29 is 19.4 Å². The number of hydrogen-bond acceptors (Lipinski definition) is 3. The summed E-state index contributed by atoms with van der Waals surface area (Å²) in [5, 5.41) is 8.79. The van der Waals surface area contributed by atoms with Crippen molar-refractivity contribution in [1.82, 2.24) is 4.90 Å². The number of likely N-dealkylation sites (N-methyl/N-ethyl adjacent to an activating group) is 1. The van der Waals surface area contributed by atoms with E-state index in [4.69, 9.17) is 9.84 Å². The summed E-state index contributed by atoms with van der Waals surface area (Å²) in [6.45, 7) is 2.05. The normalized spacial score (nSPS) is 12.2. The first-order chi connectivity index (χ1) is 6.54. The van der Waals surface area contributed by atoms with E-state index in [-0.39, 0.29) is 12.3 Å². The lowest BCUT2D eigenvalue weighted by atomic mass is 10.2. The minimum absolute atomic E-state index is 0.207. The van der Waals surface area contributed by atoms with Gasteiger partial charge >= 0.3 is 5.97 Å². The first-order valence-electron chi connectivity index (χ1n) is 4.52. The van der Waals surface area contributed by atoms with E-state index in [1.54, 1.807) is 6.92 Å². The summed E-state index contributed by atoms with van der Waals surface area (Å²) < 4.78 is 4.74. The van der Waals surface area contributed by atoms with Gasteiger partial charge < -0.3 is 14.7 Å². The molecule has 0 aromatic rings. The molecule has 1 N–H and O–H groups in total. The quantitative estimate of drug-likeness (QED) is 0.676. The maximum atomic E-state index is 11.4. The van der Waals surface area contributed by atoms with Crippen molar-refractivity contribution in [2.45, 2.75) is 25.8 Å². The second-order valence-corrected chi connectivity index (χ2v) is 3.01. The Bertz CT molecular complexity index is 205. The summed E-state index contributed by atoms with van der Waals surface area (Å²) >= 11 is 0. The van der Waals surface area contributed by atoms with E-state index in [1.807, 2.05) is 0 Å². The van der Waals surface area contributed by atoms with Gasteiger partial charge in [-0.3, -0.25) is 4.79 Å². The molecule has 0 aliphatic carbocycles. The molecule has 82 valence electrons. The van der Waals surface area contributed by atoms with Crippen LogP contribution < -0.4 is 0 Å². The summed E-state index contributed by atoms with van der Waals surface area (Å²) in [7, 11) is 3.00. The van der Waals surface area contributed by atoms with Crippen molar-refractivity contribution in [2.24, 2.45) is 0 Å². The number of methoxy groups -OCH3 is 1. The van der Waals surface area contributed by atoms with Crippen molar-refractivity contribution in [3.63, 3.8) is 0 Å². The van der Waals surface area contributed by atoms with Gasteiger partial charge in [-0.1, -0.05) is 6.92 Å². The molecule has 0 saturated carbocycles. The fourth-order valence-corrected chi connectivity index (χ4v) is 1.15. The monoisotopic (exact) mass is 203 g/mol. The second kappa shape index (κ2) is 6.37. The van der Waals surface area contributed by atoms with E-state index in [9.17, 15) is 9.59 Å². The standard InChI is InChI=1S/C9H17NO4/c1-4-7(9(12)13)10(2)8(11)5-6-14-3/h7H,4-6H2,1-3H3,(H,12,13). The number of hydrogen-bond donors (Lipinski definition) is 1. The Hall–Kier alpha value is -1.10. The summed E-state index contributed by atoms with van der Waals surface area (Å²) in [6.07, 6.45) is 0.626. The van der Waals surface area contributed by atoms with Crippen LogP contribution in [0.15, 0.2) is 0 Å². The van der Waals surface area contributed by atoms with Crippen LogP contribution in [0.1, 0.15) is 19.8 Å². The molecular weight excluding hydrogens is 186 g/mol. The summed E-state index contributed by atoms with van der Waals surface area (Å²) in [4.78, 5) is 23.4. The molecule has 0 aliphatic heterocycles. The van der Waals surface area contributed by atoms with Gasteiger partial charge in [0.15, 0.2) is 0 Å². The molecule has 0 aliphatic rings. The number of carbonyl (C=O) groups is 2. The Morgan fingerprint density at radius 1 is 1.50 bits per heavy atom. The molecule has 0 heterocycles. The first-order valence-corrected chi connectivity index (χ1v) is 4.52. The van der Waals surface area contributed by atoms with Crippen molar-refractivity contribution in [2.75, 3.05) is 20.8 Å². The fraction of sp³-hybridized carbons (Fsp3) is 0.778. The highest BCUT2D eigenvalue weighted by Crippen LogP contribution is 2.04. The molecule has 5 nitrogen and oxygen atoms in total. The zero-order chi connectivity index (χ0) is 11.1. The minimum Gasteiger partial charge on any atom is -0.480 e. The van der Waals surface area contributed by atoms with E-state index in [1.165, 1.54) is 19.1 Å². The number of carboxylic acids is 1. The van der Waals surface area contributed by atoms with Gasteiger partial charge in [0.2, 0.25) is 5.91 Å². The number of nitrogens with zero attached hydrogens (tertiary/aromatic N) is 1. The zero-order valence-electron chi connectivity index (χ0n) is 8.82. The first kappa shape index (κ1) is 12.9. The van der Waals surface area contributed by atoms with Gasteiger partial charge in [-0.15, -0.1) is 0 Å². The number of carbonyl (C=O) groups excluding carboxylic acids is 1. The predicted molar refractivity (Wildman–Crippen MR) is 51.0 cm³/mol. The molecule has 0 aromatic carbocycles.